The number of nitrogens with zero attached hydrogens (tertiary/aromatic N) is 5. The quantitative estimate of drug-likeness (QED) is 0.430. The van der Waals surface area contributed by atoms with Crippen LogP contribution in [0.1, 0.15) is 41.2 Å². The first-order chi connectivity index (χ1) is 15.4. The molecule has 0 saturated heterocycles. The van der Waals surface area contributed by atoms with E-state index in [9.17, 15) is 4.79 Å². The number of hydrogen-bond acceptors (Lipinski definition) is 6. The Morgan fingerprint density at radius 2 is 1.91 bits per heavy atom. The average molecular weight is 434 g/mol. The van der Waals surface area contributed by atoms with Gasteiger partial charge in [0.05, 0.1) is 35.1 Å². The molecule has 0 aliphatic rings. The van der Waals surface area contributed by atoms with Crippen LogP contribution in [-0.2, 0) is 13.1 Å². The zero-order chi connectivity index (χ0) is 22.8. The molecule has 3 aromatic heterocycles. The summed E-state index contributed by atoms with van der Waals surface area (Å²) in [6, 6.07) is 9.36. The number of fused-ring (bicyclic) bond motifs is 1. The van der Waals surface area contributed by atoms with Crippen molar-refractivity contribution >= 4 is 17.0 Å². The van der Waals surface area contributed by atoms with E-state index in [0.29, 0.717) is 41.1 Å². The number of benzene rings is 1. The molecular formula is C24H27N5O3. The van der Waals surface area contributed by atoms with Crippen molar-refractivity contribution in [3.05, 3.63) is 59.0 Å². The van der Waals surface area contributed by atoms with Crippen LogP contribution >= 0.6 is 0 Å². The van der Waals surface area contributed by atoms with E-state index >= 15 is 0 Å². The minimum absolute atomic E-state index is 0.0930. The number of rotatable bonds is 7. The van der Waals surface area contributed by atoms with Crippen LogP contribution in [0, 0.1) is 13.8 Å². The minimum atomic E-state index is -0.0930. The predicted molar refractivity (Wildman–Crippen MR) is 122 cm³/mol. The molecule has 0 aliphatic heterocycles. The lowest BCUT2D eigenvalue weighted by atomic mass is 10.0. The fraction of sp³-hybridized carbons (Fsp3) is 0.333. The van der Waals surface area contributed by atoms with E-state index in [2.05, 4.69) is 15.2 Å². The third-order valence-corrected chi connectivity index (χ3v) is 5.64. The van der Waals surface area contributed by atoms with Gasteiger partial charge in [0.2, 0.25) is 0 Å². The number of carbonyl (C=O) groups is 1. The van der Waals surface area contributed by atoms with E-state index in [1.165, 1.54) is 0 Å². The van der Waals surface area contributed by atoms with Crippen molar-refractivity contribution in [1.82, 2.24) is 24.8 Å². The van der Waals surface area contributed by atoms with Gasteiger partial charge in [-0.1, -0.05) is 5.16 Å². The molecule has 0 N–H and O–H groups in total. The summed E-state index contributed by atoms with van der Waals surface area (Å²) in [7, 11) is 1.62. The van der Waals surface area contributed by atoms with E-state index in [1.807, 2.05) is 73.8 Å². The van der Waals surface area contributed by atoms with Gasteiger partial charge >= 0.3 is 0 Å². The summed E-state index contributed by atoms with van der Waals surface area (Å²) in [6.45, 7) is 9.63. The Morgan fingerprint density at radius 1 is 1.16 bits per heavy atom. The molecule has 8 heteroatoms. The molecule has 0 radical (unpaired) electrons. The molecule has 4 aromatic rings. The summed E-state index contributed by atoms with van der Waals surface area (Å²) in [5.74, 6) is 0.659. The molecule has 8 nitrogen and oxygen atoms in total. The van der Waals surface area contributed by atoms with Crippen LogP contribution in [0.25, 0.3) is 22.4 Å². The van der Waals surface area contributed by atoms with Gasteiger partial charge in [-0.25, -0.2) is 4.98 Å². The highest BCUT2D eigenvalue weighted by Gasteiger charge is 2.24. The second-order valence-corrected chi connectivity index (χ2v) is 7.65. The zero-order valence-electron chi connectivity index (χ0n) is 19.0. The zero-order valence-corrected chi connectivity index (χ0v) is 19.0. The first-order valence-electron chi connectivity index (χ1n) is 10.7. The Morgan fingerprint density at radius 3 is 2.53 bits per heavy atom. The lowest BCUT2D eigenvalue weighted by Crippen LogP contribution is -2.30. The van der Waals surface area contributed by atoms with Gasteiger partial charge < -0.3 is 14.2 Å². The van der Waals surface area contributed by atoms with E-state index < -0.39 is 0 Å². The monoisotopic (exact) mass is 433 g/mol. The minimum Gasteiger partial charge on any atom is -0.497 e. The molecule has 0 unspecified atom stereocenters. The van der Waals surface area contributed by atoms with Gasteiger partial charge in [-0.2, -0.15) is 5.10 Å². The van der Waals surface area contributed by atoms with E-state index in [0.717, 1.165) is 29.1 Å². The molecule has 4 rings (SSSR count). The number of carbonyl (C=O) groups excluding carboxylic acids is 1. The highest BCUT2D eigenvalue weighted by molar-refractivity contribution is 6.07. The Kier molecular flexibility index (Phi) is 5.94. The summed E-state index contributed by atoms with van der Waals surface area (Å²) in [5, 5.41) is 9.21. The van der Waals surface area contributed by atoms with Crippen molar-refractivity contribution in [2.45, 2.75) is 40.8 Å². The van der Waals surface area contributed by atoms with Crippen LogP contribution in [0.2, 0.25) is 0 Å². The number of ether oxygens (including phenoxy) is 1. The summed E-state index contributed by atoms with van der Waals surface area (Å²) in [5.41, 5.74) is 4.99. The molecule has 0 fully saturated rings. The first-order valence-corrected chi connectivity index (χ1v) is 10.7. The maximum Gasteiger partial charge on any atom is 0.259 e. The number of hydrogen-bond donors (Lipinski definition) is 0. The van der Waals surface area contributed by atoms with Gasteiger partial charge in [0.25, 0.3) is 11.6 Å². The van der Waals surface area contributed by atoms with Gasteiger partial charge in [0.15, 0.2) is 0 Å². The highest BCUT2D eigenvalue weighted by Crippen LogP contribution is 2.29. The lowest BCUT2D eigenvalue weighted by molar-refractivity contribution is 0.0754. The molecule has 1 aromatic carbocycles. The molecule has 0 spiro atoms. The van der Waals surface area contributed by atoms with Crippen molar-refractivity contribution in [3.63, 3.8) is 0 Å². The number of amides is 1. The average Bonchev–Trinajstić information content (AvgIpc) is 3.38. The van der Waals surface area contributed by atoms with Crippen LogP contribution in [0.5, 0.6) is 5.75 Å². The first kappa shape index (κ1) is 21.5. The van der Waals surface area contributed by atoms with Crippen molar-refractivity contribution in [2.75, 3.05) is 13.7 Å². The third-order valence-electron chi connectivity index (χ3n) is 5.64. The molecule has 0 bridgehead atoms. The normalized spacial score (nSPS) is 11.2. The number of aryl methyl sites for hydroxylation is 3. The van der Waals surface area contributed by atoms with E-state index in [1.54, 1.807) is 7.11 Å². The third kappa shape index (κ3) is 3.95. The fourth-order valence-electron chi connectivity index (χ4n) is 3.75. The fourth-order valence-corrected chi connectivity index (χ4v) is 3.75. The largest absolute Gasteiger partial charge is 0.497 e. The van der Waals surface area contributed by atoms with Gasteiger partial charge in [-0.05, 0) is 58.0 Å². The van der Waals surface area contributed by atoms with Crippen molar-refractivity contribution in [2.24, 2.45) is 0 Å². The van der Waals surface area contributed by atoms with Crippen molar-refractivity contribution in [1.29, 1.82) is 0 Å². The topological polar surface area (TPSA) is 86.3 Å². The van der Waals surface area contributed by atoms with Gasteiger partial charge in [-0.3, -0.25) is 9.48 Å². The highest BCUT2D eigenvalue weighted by atomic mass is 16.5. The second kappa shape index (κ2) is 8.82. The number of aromatic nitrogens is 4. The molecule has 3 heterocycles. The van der Waals surface area contributed by atoms with Crippen LogP contribution in [0.15, 0.2) is 41.1 Å². The lowest BCUT2D eigenvalue weighted by Gasteiger charge is -2.21. The van der Waals surface area contributed by atoms with Crippen LogP contribution in [0.3, 0.4) is 0 Å². The SMILES string of the molecule is CCN(Cc1cn(CC)nc1C)C(=O)c1cc(-c2ccc(OC)cc2)nc2onc(C)c12. The number of methoxy groups -OCH3 is 1. The van der Waals surface area contributed by atoms with Crippen molar-refractivity contribution < 1.29 is 14.1 Å². The van der Waals surface area contributed by atoms with Gasteiger partial charge in [-0.15, -0.1) is 0 Å². The Labute approximate surface area is 186 Å². The molecule has 166 valence electrons. The maximum absolute atomic E-state index is 13.7. The van der Waals surface area contributed by atoms with Gasteiger partial charge in [0.1, 0.15) is 5.75 Å². The smallest absolute Gasteiger partial charge is 0.259 e. The maximum atomic E-state index is 13.7. The standard InChI is InChI=1S/C24H27N5O3/c1-6-28(13-18-14-29(7-2)26-15(18)3)24(30)20-12-21(17-8-10-19(31-5)11-9-17)25-23-22(20)16(4)27-32-23/h8-12,14H,6-7,13H2,1-5H3. The summed E-state index contributed by atoms with van der Waals surface area (Å²) in [4.78, 5) is 20.1. The Bertz CT molecular complexity index is 1260. The summed E-state index contributed by atoms with van der Waals surface area (Å²) < 4.78 is 12.6. The molecule has 32 heavy (non-hydrogen) atoms. The summed E-state index contributed by atoms with van der Waals surface area (Å²) in [6.07, 6.45) is 2.00. The molecule has 0 aliphatic carbocycles. The Hall–Kier alpha value is -3.68. The molecule has 0 atom stereocenters. The number of pyridine rings is 1. The van der Waals surface area contributed by atoms with Crippen LogP contribution in [0.4, 0.5) is 0 Å². The van der Waals surface area contributed by atoms with Crippen LogP contribution < -0.4 is 4.74 Å². The predicted octanol–water partition coefficient (Wildman–Crippen LogP) is 4.39. The van der Waals surface area contributed by atoms with Crippen LogP contribution in [-0.4, -0.2) is 44.4 Å². The van der Waals surface area contributed by atoms with E-state index in [-0.39, 0.29) is 5.91 Å². The molecule has 1 amide bonds. The molecule has 0 saturated carbocycles. The van der Waals surface area contributed by atoms with Crippen molar-refractivity contribution in [3.8, 4) is 17.0 Å². The van der Waals surface area contributed by atoms with E-state index in [4.69, 9.17) is 9.26 Å². The molecular weight excluding hydrogens is 406 g/mol. The van der Waals surface area contributed by atoms with Gasteiger partial charge in [0, 0.05) is 37.0 Å². The second-order valence-electron chi connectivity index (χ2n) is 7.65. The summed E-state index contributed by atoms with van der Waals surface area (Å²) >= 11 is 0. The Balaban J connectivity index is 1.75.